The second-order valence-electron chi connectivity index (χ2n) is 7.82. The second kappa shape index (κ2) is 9.82. The standard InChI is InChI=1S/C22H31N3O5/c1-15(26)25-12-5-11-24(13-10-23-21(27)17-6-4-7-19(17)25)22(28)18-9-8-16(29-2)14-20(18)30-3/h8-9,14,17,19H,4-7,10-13H2,1-3H3,(H,23,27)/t17-,19+/m1/s1. The Bertz CT molecular complexity index is 797. The average Bonchev–Trinajstić information content (AvgIpc) is 3.22. The van der Waals surface area contributed by atoms with E-state index in [4.69, 9.17) is 9.47 Å². The molecule has 1 aromatic rings. The van der Waals surface area contributed by atoms with Gasteiger partial charge in [0.2, 0.25) is 11.8 Å². The summed E-state index contributed by atoms with van der Waals surface area (Å²) in [5.41, 5.74) is 0.444. The maximum absolute atomic E-state index is 13.2. The molecule has 1 N–H and O–H groups in total. The average molecular weight is 418 g/mol. The minimum atomic E-state index is -0.169. The molecule has 8 nitrogen and oxygen atoms in total. The number of benzene rings is 1. The molecule has 2 aliphatic rings. The third kappa shape index (κ3) is 4.68. The van der Waals surface area contributed by atoms with Crippen LogP contribution in [0.2, 0.25) is 0 Å². The summed E-state index contributed by atoms with van der Waals surface area (Å²) >= 11 is 0. The van der Waals surface area contributed by atoms with Crippen LogP contribution in [0, 0.1) is 5.92 Å². The van der Waals surface area contributed by atoms with Gasteiger partial charge in [-0.3, -0.25) is 14.4 Å². The first-order chi connectivity index (χ1) is 14.5. The molecule has 0 aromatic heterocycles. The predicted molar refractivity (Wildman–Crippen MR) is 112 cm³/mol. The van der Waals surface area contributed by atoms with Crippen LogP contribution in [-0.4, -0.2) is 74.0 Å². The van der Waals surface area contributed by atoms with E-state index >= 15 is 0 Å². The second-order valence-corrected chi connectivity index (χ2v) is 7.82. The monoisotopic (exact) mass is 417 g/mol. The van der Waals surface area contributed by atoms with Crippen molar-refractivity contribution in [2.45, 2.75) is 38.6 Å². The molecule has 30 heavy (non-hydrogen) atoms. The molecule has 164 valence electrons. The van der Waals surface area contributed by atoms with Crippen molar-refractivity contribution in [3.05, 3.63) is 23.8 Å². The van der Waals surface area contributed by atoms with Gasteiger partial charge in [-0.2, -0.15) is 0 Å². The largest absolute Gasteiger partial charge is 0.497 e. The van der Waals surface area contributed by atoms with E-state index in [0.717, 1.165) is 19.3 Å². The first-order valence-corrected chi connectivity index (χ1v) is 10.5. The van der Waals surface area contributed by atoms with Crippen LogP contribution < -0.4 is 14.8 Å². The third-order valence-corrected chi connectivity index (χ3v) is 6.06. The van der Waals surface area contributed by atoms with Crippen molar-refractivity contribution < 1.29 is 23.9 Å². The van der Waals surface area contributed by atoms with Crippen molar-refractivity contribution in [3.63, 3.8) is 0 Å². The van der Waals surface area contributed by atoms with Gasteiger partial charge in [-0.1, -0.05) is 6.42 Å². The fourth-order valence-corrected chi connectivity index (χ4v) is 4.51. The van der Waals surface area contributed by atoms with E-state index < -0.39 is 0 Å². The molecular formula is C22H31N3O5. The summed E-state index contributed by atoms with van der Waals surface area (Å²) in [7, 11) is 3.07. The summed E-state index contributed by atoms with van der Waals surface area (Å²) < 4.78 is 10.6. The van der Waals surface area contributed by atoms with Crippen molar-refractivity contribution in [1.29, 1.82) is 0 Å². The van der Waals surface area contributed by atoms with E-state index in [1.807, 2.05) is 4.90 Å². The minimum Gasteiger partial charge on any atom is -0.497 e. The Morgan fingerprint density at radius 3 is 2.57 bits per heavy atom. The Morgan fingerprint density at radius 1 is 1.07 bits per heavy atom. The number of fused-ring (bicyclic) bond motifs is 1. The van der Waals surface area contributed by atoms with Gasteiger partial charge in [-0.15, -0.1) is 0 Å². The van der Waals surface area contributed by atoms with Crippen molar-refractivity contribution in [1.82, 2.24) is 15.1 Å². The normalized spacial score (nSPS) is 22.6. The van der Waals surface area contributed by atoms with Crippen molar-refractivity contribution >= 4 is 17.7 Å². The van der Waals surface area contributed by atoms with Gasteiger partial charge in [0, 0.05) is 45.2 Å². The molecule has 0 spiro atoms. The summed E-state index contributed by atoms with van der Waals surface area (Å²) in [6, 6.07) is 5.05. The Balaban J connectivity index is 1.80. The number of ether oxygens (including phenoxy) is 2. The van der Waals surface area contributed by atoms with E-state index in [2.05, 4.69) is 5.32 Å². The molecule has 1 aromatic carbocycles. The molecule has 3 rings (SSSR count). The van der Waals surface area contributed by atoms with Gasteiger partial charge in [-0.05, 0) is 31.4 Å². The highest BCUT2D eigenvalue weighted by atomic mass is 16.5. The summed E-state index contributed by atoms with van der Waals surface area (Å²) in [4.78, 5) is 41.8. The van der Waals surface area contributed by atoms with Crippen molar-refractivity contribution in [2.75, 3.05) is 40.4 Å². The highest BCUT2D eigenvalue weighted by Gasteiger charge is 2.38. The molecule has 2 atom stereocenters. The van der Waals surface area contributed by atoms with Crippen LogP contribution in [0.15, 0.2) is 18.2 Å². The fraction of sp³-hybridized carbons (Fsp3) is 0.591. The first kappa shape index (κ1) is 21.9. The molecule has 1 saturated heterocycles. The van der Waals surface area contributed by atoms with E-state index in [9.17, 15) is 14.4 Å². The number of carbonyl (C=O) groups is 3. The van der Waals surface area contributed by atoms with E-state index in [1.54, 1.807) is 37.1 Å². The Hall–Kier alpha value is -2.77. The van der Waals surface area contributed by atoms with E-state index in [1.165, 1.54) is 7.11 Å². The molecule has 0 radical (unpaired) electrons. The molecule has 1 aliphatic carbocycles. The summed E-state index contributed by atoms with van der Waals surface area (Å²) in [5.74, 6) is 0.665. The molecule has 8 heteroatoms. The Kier molecular flexibility index (Phi) is 7.18. The van der Waals surface area contributed by atoms with E-state index in [0.29, 0.717) is 49.7 Å². The van der Waals surface area contributed by atoms with Crippen LogP contribution in [0.25, 0.3) is 0 Å². The molecule has 1 heterocycles. The minimum absolute atomic E-state index is 0.0198. The SMILES string of the molecule is COc1ccc(C(=O)N2CCCN(C(C)=O)[C@H]3CCC[C@H]3C(=O)NCC2)c(OC)c1. The van der Waals surface area contributed by atoms with Crippen LogP contribution in [0.5, 0.6) is 11.5 Å². The molecule has 2 fully saturated rings. The predicted octanol–water partition coefficient (Wildman–Crippen LogP) is 1.68. The Labute approximate surface area is 177 Å². The number of amides is 3. The number of rotatable bonds is 3. The molecular weight excluding hydrogens is 386 g/mol. The lowest BCUT2D eigenvalue weighted by Gasteiger charge is -2.32. The lowest BCUT2D eigenvalue weighted by molar-refractivity contribution is -0.134. The van der Waals surface area contributed by atoms with Crippen LogP contribution in [-0.2, 0) is 9.59 Å². The summed E-state index contributed by atoms with van der Waals surface area (Å²) in [6.07, 6.45) is 3.25. The van der Waals surface area contributed by atoms with Crippen LogP contribution in [0.4, 0.5) is 0 Å². The molecule has 3 amide bonds. The zero-order valence-corrected chi connectivity index (χ0v) is 18.0. The van der Waals surface area contributed by atoms with Crippen molar-refractivity contribution in [3.8, 4) is 11.5 Å². The highest BCUT2D eigenvalue weighted by Crippen LogP contribution is 2.31. The third-order valence-electron chi connectivity index (χ3n) is 6.06. The lowest BCUT2D eigenvalue weighted by atomic mass is 10.0. The number of nitrogens with one attached hydrogen (secondary N) is 1. The number of carbonyl (C=O) groups excluding carboxylic acids is 3. The zero-order chi connectivity index (χ0) is 21.7. The number of hydrogen-bond donors (Lipinski definition) is 1. The number of methoxy groups -OCH3 is 2. The fourth-order valence-electron chi connectivity index (χ4n) is 4.51. The van der Waals surface area contributed by atoms with Gasteiger partial charge in [0.1, 0.15) is 11.5 Å². The van der Waals surface area contributed by atoms with Gasteiger partial charge < -0.3 is 24.6 Å². The zero-order valence-electron chi connectivity index (χ0n) is 18.0. The van der Waals surface area contributed by atoms with Gasteiger partial charge in [0.15, 0.2) is 0 Å². The molecule has 0 bridgehead atoms. The van der Waals surface area contributed by atoms with Gasteiger partial charge in [-0.25, -0.2) is 0 Å². The smallest absolute Gasteiger partial charge is 0.257 e. The lowest BCUT2D eigenvalue weighted by Crippen LogP contribution is -2.46. The highest BCUT2D eigenvalue weighted by molar-refractivity contribution is 5.97. The van der Waals surface area contributed by atoms with Crippen LogP contribution >= 0.6 is 0 Å². The number of hydrogen-bond acceptors (Lipinski definition) is 5. The van der Waals surface area contributed by atoms with Gasteiger partial charge >= 0.3 is 0 Å². The molecule has 0 unspecified atom stereocenters. The van der Waals surface area contributed by atoms with Crippen molar-refractivity contribution in [2.24, 2.45) is 5.92 Å². The summed E-state index contributed by atoms with van der Waals surface area (Å²) in [6.45, 7) is 3.36. The first-order valence-electron chi connectivity index (χ1n) is 10.5. The maximum Gasteiger partial charge on any atom is 0.257 e. The van der Waals surface area contributed by atoms with Crippen LogP contribution in [0.3, 0.4) is 0 Å². The van der Waals surface area contributed by atoms with Gasteiger partial charge in [0.05, 0.1) is 25.7 Å². The number of nitrogens with zero attached hydrogens (tertiary/aromatic N) is 2. The molecule has 1 saturated carbocycles. The Morgan fingerprint density at radius 2 is 1.87 bits per heavy atom. The summed E-state index contributed by atoms with van der Waals surface area (Å²) in [5, 5.41) is 2.97. The van der Waals surface area contributed by atoms with Gasteiger partial charge in [0.25, 0.3) is 5.91 Å². The maximum atomic E-state index is 13.2. The molecule has 1 aliphatic heterocycles. The quantitative estimate of drug-likeness (QED) is 0.809. The van der Waals surface area contributed by atoms with Crippen LogP contribution in [0.1, 0.15) is 43.0 Å². The topological polar surface area (TPSA) is 88.2 Å². The van der Waals surface area contributed by atoms with E-state index in [-0.39, 0.29) is 29.7 Å².